The van der Waals surface area contributed by atoms with Crippen LogP contribution in [0.15, 0.2) is 42.5 Å². The number of halogens is 2. The number of rotatable bonds is 12. The highest BCUT2D eigenvalue weighted by Gasteiger charge is 2.26. The van der Waals surface area contributed by atoms with Crippen LogP contribution in [0.1, 0.15) is 62.4 Å². The predicted octanol–water partition coefficient (Wildman–Crippen LogP) is 2.41. The molecule has 2 atom stereocenters. The first-order valence-electron chi connectivity index (χ1n) is 11.6. The zero-order chi connectivity index (χ0) is 23.7. The molecule has 2 unspecified atom stereocenters. The number of hydrogen-bond acceptors (Lipinski definition) is 3. The summed E-state index contributed by atoms with van der Waals surface area (Å²) in [5, 5.41) is 13.8. The molecular formula is C26H39Cl2N3O2. The van der Waals surface area contributed by atoms with Gasteiger partial charge < -0.3 is 33.0 Å². The van der Waals surface area contributed by atoms with Crippen molar-refractivity contribution in [1.29, 1.82) is 0 Å². The minimum absolute atomic E-state index is 0. The number of benzene rings is 2. The Labute approximate surface area is 210 Å². The fourth-order valence-electron chi connectivity index (χ4n) is 3.90. The Kier molecular flexibility index (Phi) is 12.1. The minimum Gasteiger partial charge on any atom is -1.00 e. The molecule has 0 fully saturated rings. The van der Waals surface area contributed by atoms with Crippen molar-refractivity contribution in [2.24, 2.45) is 0 Å². The van der Waals surface area contributed by atoms with E-state index in [4.69, 9.17) is 17.3 Å². The highest BCUT2D eigenvalue weighted by atomic mass is 35.5. The smallest absolute Gasteiger partial charge is 0.255 e. The molecule has 0 saturated heterocycles. The lowest BCUT2D eigenvalue weighted by Gasteiger charge is -2.38. The molecule has 0 bridgehead atoms. The first-order chi connectivity index (χ1) is 15.2. The minimum atomic E-state index is -0.214. The number of nitrogen functional groups attached to an aromatic ring is 1. The Balaban J connectivity index is 0.00000544. The molecule has 0 aliphatic carbocycles. The van der Waals surface area contributed by atoms with Crippen LogP contribution in [0.25, 0.3) is 0 Å². The van der Waals surface area contributed by atoms with E-state index in [1.165, 1.54) is 5.56 Å². The SMILES string of the molecule is CC[N+](C)(CCC(CCCCc1ccc(N)c(Cl)c1)NC(=O)c1ccccc1O)C(C)C.[Cl-]. The number of nitrogens with zero attached hydrogens (tertiary/aromatic N) is 1. The van der Waals surface area contributed by atoms with Crippen molar-refractivity contribution < 1.29 is 26.8 Å². The molecule has 2 aromatic rings. The Morgan fingerprint density at radius 3 is 2.45 bits per heavy atom. The van der Waals surface area contributed by atoms with Gasteiger partial charge in [-0.05, 0) is 69.9 Å². The largest absolute Gasteiger partial charge is 1.00 e. The third kappa shape index (κ3) is 8.73. The van der Waals surface area contributed by atoms with Gasteiger partial charge in [0.2, 0.25) is 0 Å². The summed E-state index contributed by atoms with van der Waals surface area (Å²) in [6, 6.07) is 13.1. The number of phenols is 1. The topological polar surface area (TPSA) is 75.3 Å². The molecule has 0 radical (unpaired) electrons. The number of quaternary nitrogens is 1. The molecule has 2 aromatic carbocycles. The summed E-state index contributed by atoms with van der Waals surface area (Å²) in [6.45, 7) is 8.75. The number of carbonyl (C=O) groups is 1. The maximum atomic E-state index is 12.8. The van der Waals surface area contributed by atoms with E-state index in [1.54, 1.807) is 24.3 Å². The monoisotopic (exact) mass is 495 g/mol. The summed E-state index contributed by atoms with van der Waals surface area (Å²) in [6.07, 6.45) is 4.72. The van der Waals surface area contributed by atoms with Crippen LogP contribution in [0.5, 0.6) is 5.75 Å². The second-order valence-electron chi connectivity index (χ2n) is 9.19. The lowest BCUT2D eigenvalue weighted by atomic mass is 10.0. The van der Waals surface area contributed by atoms with E-state index >= 15 is 0 Å². The number of aromatic hydroxyl groups is 1. The zero-order valence-electron chi connectivity index (χ0n) is 20.3. The van der Waals surface area contributed by atoms with Crippen LogP contribution >= 0.6 is 11.6 Å². The molecule has 0 heterocycles. The lowest BCUT2D eigenvalue weighted by molar-refractivity contribution is -0.928. The van der Waals surface area contributed by atoms with Gasteiger partial charge in [-0.1, -0.05) is 36.2 Å². The van der Waals surface area contributed by atoms with Gasteiger partial charge in [0.25, 0.3) is 5.91 Å². The van der Waals surface area contributed by atoms with Crippen LogP contribution < -0.4 is 23.5 Å². The standard InChI is InChI=1S/C26H38ClN3O2.ClH/c1-5-30(4,19(2)3)17-16-21(29-26(32)22-12-8-9-13-25(22)31)11-7-6-10-20-14-15-24(28)23(27)18-20;/h8-9,12-15,18-19,21H,5-7,10-11,16-17,28H2,1-4H3,(H-,29,31,32);1H. The molecule has 7 heteroatoms. The fraction of sp³-hybridized carbons (Fsp3) is 0.500. The summed E-state index contributed by atoms with van der Waals surface area (Å²) < 4.78 is 0.965. The third-order valence-electron chi connectivity index (χ3n) is 6.77. The van der Waals surface area contributed by atoms with Gasteiger partial charge in [-0.15, -0.1) is 0 Å². The number of amides is 1. The molecule has 33 heavy (non-hydrogen) atoms. The van der Waals surface area contributed by atoms with Gasteiger partial charge in [-0.2, -0.15) is 0 Å². The summed E-state index contributed by atoms with van der Waals surface area (Å²) in [5.74, 6) is -0.200. The molecule has 0 aliphatic rings. The van der Waals surface area contributed by atoms with Crippen molar-refractivity contribution in [1.82, 2.24) is 5.32 Å². The normalized spacial score (nSPS) is 13.8. The van der Waals surface area contributed by atoms with E-state index < -0.39 is 0 Å². The molecule has 0 aliphatic heterocycles. The fourth-order valence-corrected chi connectivity index (χ4v) is 4.10. The van der Waals surface area contributed by atoms with Crippen molar-refractivity contribution in [2.75, 3.05) is 25.9 Å². The van der Waals surface area contributed by atoms with E-state index in [0.717, 1.165) is 49.7 Å². The highest BCUT2D eigenvalue weighted by Crippen LogP contribution is 2.22. The molecule has 1 amide bonds. The zero-order valence-corrected chi connectivity index (χ0v) is 21.8. The second-order valence-corrected chi connectivity index (χ2v) is 9.60. The van der Waals surface area contributed by atoms with Gasteiger partial charge in [0, 0.05) is 12.5 Å². The molecule has 0 saturated carbocycles. The number of aryl methyl sites for hydroxylation is 1. The van der Waals surface area contributed by atoms with E-state index in [9.17, 15) is 9.90 Å². The third-order valence-corrected chi connectivity index (χ3v) is 7.10. The maximum Gasteiger partial charge on any atom is 0.255 e. The Morgan fingerprint density at radius 2 is 1.85 bits per heavy atom. The van der Waals surface area contributed by atoms with Crippen LogP contribution in [0.4, 0.5) is 5.69 Å². The average molecular weight is 497 g/mol. The summed E-state index contributed by atoms with van der Waals surface area (Å²) in [4.78, 5) is 12.8. The number of anilines is 1. The van der Waals surface area contributed by atoms with Crippen LogP contribution in [0.2, 0.25) is 5.02 Å². The number of para-hydroxylation sites is 1. The van der Waals surface area contributed by atoms with Crippen molar-refractivity contribution in [2.45, 2.75) is 65.0 Å². The molecule has 2 rings (SSSR count). The molecule has 5 nitrogen and oxygen atoms in total. The number of unbranched alkanes of at least 4 members (excludes halogenated alkanes) is 1. The van der Waals surface area contributed by atoms with Crippen molar-refractivity contribution in [3.05, 3.63) is 58.6 Å². The van der Waals surface area contributed by atoms with Crippen molar-refractivity contribution in [3.8, 4) is 5.75 Å². The van der Waals surface area contributed by atoms with Crippen LogP contribution in [0.3, 0.4) is 0 Å². The molecule has 4 N–H and O–H groups in total. The quantitative estimate of drug-likeness (QED) is 0.240. The van der Waals surface area contributed by atoms with E-state index in [2.05, 4.69) is 33.1 Å². The first-order valence-corrected chi connectivity index (χ1v) is 12.0. The number of carbonyl (C=O) groups excluding carboxylic acids is 1. The summed E-state index contributed by atoms with van der Waals surface area (Å²) in [7, 11) is 2.28. The van der Waals surface area contributed by atoms with Crippen LogP contribution in [0, 0.1) is 0 Å². The van der Waals surface area contributed by atoms with Gasteiger partial charge in [0.1, 0.15) is 5.75 Å². The molecule has 0 aromatic heterocycles. The Hall–Kier alpha value is -1.95. The van der Waals surface area contributed by atoms with Gasteiger partial charge in [-0.25, -0.2) is 0 Å². The molecular weight excluding hydrogens is 457 g/mol. The maximum absolute atomic E-state index is 12.8. The second kappa shape index (κ2) is 13.7. The number of nitrogens with two attached hydrogens (primary N) is 1. The summed E-state index contributed by atoms with van der Waals surface area (Å²) in [5.41, 5.74) is 7.90. The van der Waals surface area contributed by atoms with Gasteiger partial charge >= 0.3 is 0 Å². The van der Waals surface area contributed by atoms with E-state index in [-0.39, 0.29) is 30.1 Å². The predicted molar refractivity (Wildman–Crippen MR) is 134 cm³/mol. The Morgan fingerprint density at radius 1 is 1.15 bits per heavy atom. The van der Waals surface area contributed by atoms with E-state index in [1.807, 2.05) is 18.2 Å². The highest BCUT2D eigenvalue weighted by molar-refractivity contribution is 6.33. The Bertz CT molecular complexity index is 892. The average Bonchev–Trinajstić information content (AvgIpc) is 2.76. The number of hydrogen-bond donors (Lipinski definition) is 3. The van der Waals surface area contributed by atoms with Crippen molar-refractivity contribution >= 4 is 23.2 Å². The first kappa shape index (κ1) is 29.1. The van der Waals surface area contributed by atoms with Crippen LogP contribution in [-0.2, 0) is 6.42 Å². The molecule has 0 spiro atoms. The van der Waals surface area contributed by atoms with Gasteiger partial charge in [0.15, 0.2) is 0 Å². The van der Waals surface area contributed by atoms with E-state index in [0.29, 0.717) is 22.3 Å². The lowest BCUT2D eigenvalue weighted by Crippen LogP contribution is -3.00. The number of nitrogens with one attached hydrogen (secondary N) is 1. The summed E-state index contributed by atoms with van der Waals surface area (Å²) >= 11 is 6.13. The van der Waals surface area contributed by atoms with Gasteiger partial charge in [-0.3, -0.25) is 4.79 Å². The van der Waals surface area contributed by atoms with Crippen molar-refractivity contribution in [3.63, 3.8) is 0 Å². The van der Waals surface area contributed by atoms with Gasteiger partial charge in [0.05, 0.1) is 42.5 Å². The molecule has 184 valence electrons. The number of phenolic OH excluding ortho intramolecular Hbond substituents is 1. The van der Waals surface area contributed by atoms with Crippen LogP contribution in [-0.4, -0.2) is 47.7 Å².